The molecular weight excluding hydrogens is 240 g/mol. The van der Waals surface area contributed by atoms with E-state index in [1.807, 2.05) is 0 Å². The Morgan fingerprint density at radius 1 is 1.65 bits per heavy atom. The fraction of sp³-hybridized carbons (Fsp3) is 0.909. The van der Waals surface area contributed by atoms with Gasteiger partial charge in [-0.15, -0.1) is 0 Å². The lowest BCUT2D eigenvalue weighted by Gasteiger charge is -2.35. The molecule has 2 atom stereocenters. The van der Waals surface area contributed by atoms with E-state index < -0.39 is 12.0 Å². The maximum absolute atomic E-state index is 10.5. The van der Waals surface area contributed by atoms with E-state index in [1.54, 1.807) is 11.8 Å². The van der Waals surface area contributed by atoms with Crippen LogP contribution in [0.25, 0.3) is 0 Å². The van der Waals surface area contributed by atoms with Crippen molar-refractivity contribution in [3.63, 3.8) is 0 Å². The molecule has 0 amide bonds. The minimum Gasteiger partial charge on any atom is -0.480 e. The number of hydrogen-bond acceptors (Lipinski definition) is 5. The minimum atomic E-state index is -0.939. The van der Waals surface area contributed by atoms with E-state index in [-0.39, 0.29) is 6.10 Å². The van der Waals surface area contributed by atoms with Crippen molar-refractivity contribution in [3.05, 3.63) is 0 Å². The summed E-state index contributed by atoms with van der Waals surface area (Å²) in [6.45, 7) is 7.01. The molecule has 1 saturated heterocycles. The number of carboxylic acids is 1. The summed E-state index contributed by atoms with van der Waals surface area (Å²) in [6.07, 6.45) is 0.192. The van der Waals surface area contributed by atoms with Crippen LogP contribution in [0, 0.1) is 0 Å². The van der Waals surface area contributed by atoms with Crippen molar-refractivity contribution < 1.29 is 14.6 Å². The lowest BCUT2D eigenvalue weighted by Crippen LogP contribution is -2.46. The van der Waals surface area contributed by atoms with Crippen molar-refractivity contribution in [2.45, 2.75) is 32.0 Å². The Labute approximate surface area is 107 Å². The molecule has 0 saturated carbocycles. The molecule has 2 unspecified atom stereocenters. The number of carboxylic acid groups (broad SMARTS) is 1. The molecule has 3 N–H and O–H groups in total. The predicted octanol–water partition coefficient (Wildman–Crippen LogP) is 0.241. The number of carbonyl (C=O) groups is 1. The highest BCUT2D eigenvalue weighted by molar-refractivity contribution is 7.99. The van der Waals surface area contributed by atoms with E-state index in [0.29, 0.717) is 11.8 Å². The molecule has 1 aliphatic rings. The second-order valence-electron chi connectivity index (χ2n) is 4.56. The van der Waals surface area contributed by atoms with Crippen LogP contribution >= 0.6 is 11.8 Å². The van der Waals surface area contributed by atoms with Crippen LogP contribution in [0.3, 0.4) is 0 Å². The minimum absolute atomic E-state index is 0.192. The van der Waals surface area contributed by atoms with Gasteiger partial charge in [0.2, 0.25) is 0 Å². The third kappa shape index (κ3) is 5.25. The molecule has 1 aliphatic heterocycles. The van der Waals surface area contributed by atoms with E-state index >= 15 is 0 Å². The predicted molar refractivity (Wildman–Crippen MR) is 69.4 cm³/mol. The van der Waals surface area contributed by atoms with Crippen molar-refractivity contribution in [3.8, 4) is 0 Å². The Hall–Kier alpha value is -0.300. The van der Waals surface area contributed by atoms with Gasteiger partial charge in [0.25, 0.3) is 0 Å². The van der Waals surface area contributed by atoms with Crippen molar-refractivity contribution in [2.75, 3.05) is 31.2 Å². The van der Waals surface area contributed by atoms with Crippen LogP contribution in [0.5, 0.6) is 0 Å². The summed E-state index contributed by atoms with van der Waals surface area (Å²) in [4.78, 5) is 12.9. The summed E-state index contributed by atoms with van der Waals surface area (Å²) in [5.74, 6) is 0.312. The zero-order valence-corrected chi connectivity index (χ0v) is 11.3. The first kappa shape index (κ1) is 14.8. The molecule has 0 radical (unpaired) electrons. The lowest BCUT2D eigenvalue weighted by atomic mass is 10.2. The smallest absolute Gasteiger partial charge is 0.321 e. The Balaban J connectivity index is 2.21. The number of nitrogens with zero attached hydrogens (tertiary/aromatic N) is 1. The van der Waals surface area contributed by atoms with Crippen LogP contribution in [0.15, 0.2) is 0 Å². The first-order valence-corrected chi connectivity index (χ1v) is 7.08. The average Bonchev–Trinajstić information content (AvgIpc) is 2.29. The molecule has 0 bridgehead atoms. The monoisotopic (exact) mass is 262 g/mol. The fourth-order valence-electron chi connectivity index (χ4n) is 1.71. The number of morpholine rings is 1. The summed E-state index contributed by atoms with van der Waals surface area (Å²) < 4.78 is 5.65. The first-order valence-electron chi connectivity index (χ1n) is 5.92. The standard InChI is InChI=1S/C11H22N2O3S/c1-8(2)13-3-4-16-9(5-13)6-17-7-10(12)11(14)15/h8-10H,3-7,12H2,1-2H3,(H,14,15). The van der Waals surface area contributed by atoms with E-state index in [2.05, 4.69) is 18.7 Å². The Bertz CT molecular complexity index is 251. The maximum Gasteiger partial charge on any atom is 0.321 e. The summed E-state index contributed by atoms with van der Waals surface area (Å²) in [5.41, 5.74) is 5.44. The van der Waals surface area contributed by atoms with Gasteiger partial charge in [0.1, 0.15) is 6.04 Å². The van der Waals surface area contributed by atoms with Gasteiger partial charge in [-0.3, -0.25) is 9.69 Å². The number of thioether (sulfide) groups is 1. The summed E-state index contributed by atoms with van der Waals surface area (Å²) in [5, 5.41) is 8.66. The number of ether oxygens (including phenoxy) is 1. The highest BCUT2D eigenvalue weighted by Gasteiger charge is 2.22. The number of nitrogens with two attached hydrogens (primary N) is 1. The maximum atomic E-state index is 10.5. The normalized spacial score (nSPS) is 23.9. The van der Waals surface area contributed by atoms with Crippen LogP contribution in [0.2, 0.25) is 0 Å². The highest BCUT2D eigenvalue weighted by atomic mass is 32.2. The number of rotatable bonds is 6. The summed E-state index contributed by atoms with van der Waals surface area (Å²) in [7, 11) is 0. The summed E-state index contributed by atoms with van der Waals surface area (Å²) in [6, 6.07) is -0.238. The van der Waals surface area contributed by atoms with Crippen LogP contribution in [0.4, 0.5) is 0 Å². The second-order valence-corrected chi connectivity index (χ2v) is 5.64. The lowest BCUT2D eigenvalue weighted by molar-refractivity contribution is -0.137. The molecule has 100 valence electrons. The van der Waals surface area contributed by atoms with Gasteiger partial charge >= 0.3 is 5.97 Å². The molecule has 6 heteroatoms. The Morgan fingerprint density at radius 3 is 2.94 bits per heavy atom. The van der Waals surface area contributed by atoms with Gasteiger partial charge in [-0.1, -0.05) is 0 Å². The highest BCUT2D eigenvalue weighted by Crippen LogP contribution is 2.14. The Kier molecular flexibility index (Phi) is 6.26. The van der Waals surface area contributed by atoms with Crippen LogP contribution in [0.1, 0.15) is 13.8 Å². The van der Waals surface area contributed by atoms with Gasteiger partial charge < -0.3 is 15.6 Å². The zero-order chi connectivity index (χ0) is 12.8. The van der Waals surface area contributed by atoms with Crippen LogP contribution < -0.4 is 5.73 Å². The van der Waals surface area contributed by atoms with E-state index in [1.165, 1.54) is 0 Å². The molecule has 17 heavy (non-hydrogen) atoms. The molecule has 0 aromatic rings. The molecule has 1 rings (SSSR count). The van der Waals surface area contributed by atoms with Crippen molar-refractivity contribution in [2.24, 2.45) is 5.73 Å². The average molecular weight is 262 g/mol. The van der Waals surface area contributed by atoms with Gasteiger partial charge in [0, 0.05) is 30.6 Å². The molecule has 1 fully saturated rings. The van der Waals surface area contributed by atoms with Gasteiger partial charge in [-0.05, 0) is 13.8 Å². The SMILES string of the molecule is CC(C)N1CCOC(CSCC(N)C(=O)O)C1. The number of aliphatic carboxylic acids is 1. The van der Waals surface area contributed by atoms with Crippen LogP contribution in [-0.2, 0) is 9.53 Å². The second kappa shape index (κ2) is 7.20. The molecule has 1 heterocycles. The molecule has 0 aliphatic carbocycles. The zero-order valence-electron chi connectivity index (χ0n) is 10.5. The molecule has 0 spiro atoms. The van der Waals surface area contributed by atoms with Gasteiger partial charge in [0.05, 0.1) is 12.7 Å². The quantitative estimate of drug-likeness (QED) is 0.714. The van der Waals surface area contributed by atoms with Crippen molar-refractivity contribution in [1.82, 2.24) is 4.90 Å². The van der Waals surface area contributed by atoms with Crippen molar-refractivity contribution in [1.29, 1.82) is 0 Å². The van der Waals surface area contributed by atoms with Gasteiger partial charge in [-0.25, -0.2) is 0 Å². The van der Waals surface area contributed by atoms with E-state index in [4.69, 9.17) is 15.6 Å². The largest absolute Gasteiger partial charge is 0.480 e. The van der Waals surface area contributed by atoms with Crippen molar-refractivity contribution >= 4 is 17.7 Å². The third-order valence-corrected chi connectivity index (χ3v) is 4.02. The van der Waals surface area contributed by atoms with Gasteiger partial charge in [-0.2, -0.15) is 11.8 Å². The molecular formula is C11H22N2O3S. The summed E-state index contributed by atoms with van der Waals surface area (Å²) >= 11 is 1.55. The van der Waals surface area contributed by atoms with Crippen LogP contribution in [-0.4, -0.2) is 65.4 Å². The van der Waals surface area contributed by atoms with Gasteiger partial charge in [0.15, 0.2) is 0 Å². The van der Waals surface area contributed by atoms with E-state index in [0.717, 1.165) is 25.4 Å². The molecule has 5 nitrogen and oxygen atoms in total. The third-order valence-electron chi connectivity index (χ3n) is 2.82. The first-order chi connectivity index (χ1) is 8.00. The van der Waals surface area contributed by atoms with E-state index in [9.17, 15) is 4.79 Å². The molecule has 0 aromatic heterocycles. The Morgan fingerprint density at radius 2 is 2.35 bits per heavy atom. The fourth-order valence-corrected chi connectivity index (χ4v) is 2.71. The number of hydrogen-bond donors (Lipinski definition) is 2. The topological polar surface area (TPSA) is 75.8 Å². The molecule has 0 aromatic carbocycles.